The first-order valence-electron chi connectivity index (χ1n) is 7.75. The van der Waals surface area contributed by atoms with E-state index in [1.807, 2.05) is 54.6 Å². The number of methoxy groups -OCH3 is 1. The lowest BCUT2D eigenvalue weighted by atomic mass is 10.0. The fraction of sp³-hybridized carbons (Fsp3) is 0.250. The van der Waals surface area contributed by atoms with E-state index in [1.54, 1.807) is 0 Å². The van der Waals surface area contributed by atoms with Crippen LogP contribution in [-0.4, -0.2) is 30.6 Å². The second-order valence-corrected chi connectivity index (χ2v) is 5.43. The molecule has 0 amide bonds. The van der Waals surface area contributed by atoms with Crippen molar-refractivity contribution >= 4 is 5.97 Å². The number of hydrogen-bond donors (Lipinski definition) is 0. The molecule has 0 saturated heterocycles. The first kappa shape index (κ1) is 17.0. The van der Waals surface area contributed by atoms with E-state index in [1.165, 1.54) is 7.11 Å². The second kappa shape index (κ2) is 8.91. The molecule has 3 nitrogen and oxygen atoms in total. The molecule has 0 aliphatic carbocycles. The number of ether oxygens (including phenoxy) is 1. The normalized spacial score (nSPS) is 11.9. The van der Waals surface area contributed by atoms with Crippen molar-refractivity contribution in [3.05, 3.63) is 84.4 Å². The maximum atomic E-state index is 12.3. The maximum absolute atomic E-state index is 12.3. The quantitative estimate of drug-likeness (QED) is 0.552. The minimum absolute atomic E-state index is 0.216. The molecule has 3 heteroatoms. The van der Waals surface area contributed by atoms with E-state index in [4.69, 9.17) is 4.74 Å². The average molecular weight is 309 g/mol. The summed E-state index contributed by atoms with van der Waals surface area (Å²) in [5.41, 5.74) is 2.28. The van der Waals surface area contributed by atoms with Gasteiger partial charge in [-0.25, -0.2) is 0 Å². The monoisotopic (exact) mass is 309 g/mol. The molecule has 2 aromatic carbocycles. The molecule has 23 heavy (non-hydrogen) atoms. The van der Waals surface area contributed by atoms with Crippen molar-refractivity contribution in [1.29, 1.82) is 0 Å². The molecule has 0 aliphatic rings. The molecule has 2 aromatic rings. The highest BCUT2D eigenvalue weighted by molar-refractivity contribution is 5.76. The van der Waals surface area contributed by atoms with E-state index in [0.29, 0.717) is 19.5 Å². The summed E-state index contributed by atoms with van der Waals surface area (Å²) in [5, 5.41) is 0. The van der Waals surface area contributed by atoms with Gasteiger partial charge in [0.1, 0.15) is 6.04 Å². The molecule has 120 valence electrons. The van der Waals surface area contributed by atoms with Crippen LogP contribution in [0.3, 0.4) is 0 Å². The number of nitrogens with zero attached hydrogens (tertiary/aromatic N) is 1. The van der Waals surface area contributed by atoms with Crippen LogP contribution >= 0.6 is 0 Å². The summed E-state index contributed by atoms with van der Waals surface area (Å²) < 4.78 is 5.03. The summed E-state index contributed by atoms with van der Waals surface area (Å²) in [6.07, 6.45) is 2.44. The van der Waals surface area contributed by atoms with E-state index in [0.717, 1.165) is 11.1 Å². The predicted molar refractivity (Wildman–Crippen MR) is 93.0 cm³/mol. The lowest BCUT2D eigenvalue weighted by molar-refractivity contribution is -0.147. The van der Waals surface area contributed by atoms with Gasteiger partial charge in [-0.3, -0.25) is 9.69 Å². The van der Waals surface area contributed by atoms with Gasteiger partial charge in [-0.1, -0.05) is 66.7 Å². The topological polar surface area (TPSA) is 29.5 Å². The third-order valence-corrected chi connectivity index (χ3v) is 3.78. The molecule has 0 aromatic heterocycles. The van der Waals surface area contributed by atoms with E-state index in [2.05, 4.69) is 23.6 Å². The molecular formula is C20H23NO2. The smallest absolute Gasteiger partial charge is 0.323 e. The lowest BCUT2D eigenvalue weighted by Crippen LogP contribution is -2.43. The molecule has 0 fully saturated rings. The Morgan fingerprint density at radius 3 is 2.17 bits per heavy atom. The second-order valence-electron chi connectivity index (χ2n) is 5.43. The first-order chi connectivity index (χ1) is 11.2. The molecule has 0 heterocycles. The van der Waals surface area contributed by atoms with E-state index in [-0.39, 0.29) is 12.0 Å². The Labute approximate surface area is 138 Å². The summed E-state index contributed by atoms with van der Waals surface area (Å²) in [5.74, 6) is -0.216. The Balaban J connectivity index is 2.21. The van der Waals surface area contributed by atoms with Gasteiger partial charge in [0.15, 0.2) is 0 Å². The Bertz CT molecular complexity index is 610. The van der Waals surface area contributed by atoms with Crippen LogP contribution in [0.25, 0.3) is 0 Å². The molecule has 0 bridgehead atoms. The molecule has 0 N–H and O–H groups in total. The Morgan fingerprint density at radius 2 is 1.65 bits per heavy atom. The van der Waals surface area contributed by atoms with Crippen LogP contribution in [0.15, 0.2) is 73.3 Å². The van der Waals surface area contributed by atoms with Gasteiger partial charge >= 0.3 is 5.97 Å². The largest absolute Gasteiger partial charge is 0.468 e. The molecular weight excluding hydrogens is 286 g/mol. The summed E-state index contributed by atoms with van der Waals surface area (Å²) >= 11 is 0. The van der Waals surface area contributed by atoms with E-state index >= 15 is 0 Å². The van der Waals surface area contributed by atoms with Crippen molar-refractivity contribution in [3.63, 3.8) is 0 Å². The summed E-state index contributed by atoms with van der Waals surface area (Å²) in [6.45, 7) is 5.13. The Hall–Kier alpha value is -2.39. The van der Waals surface area contributed by atoms with Gasteiger partial charge in [-0.15, -0.1) is 6.58 Å². The van der Waals surface area contributed by atoms with Gasteiger partial charge in [-0.2, -0.15) is 0 Å². The van der Waals surface area contributed by atoms with Crippen molar-refractivity contribution in [2.24, 2.45) is 0 Å². The van der Waals surface area contributed by atoms with E-state index < -0.39 is 0 Å². The number of carbonyl (C=O) groups excluding carboxylic acids is 1. The highest BCUT2D eigenvalue weighted by Gasteiger charge is 2.26. The predicted octanol–water partition coefficient (Wildman–Crippen LogP) is 3.46. The third-order valence-electron chi connectivity index (χ3n) is 3.78. The lowest BCUT2D eigenvalue weighted by Gasteiger charge is -2.29. The summed E-state index contributed by atoms with van der Waals surface area (Å²) in [6, 6.07) is 19.8. The van der Waals surface area contributed by atoms with Crippen molar-refractivity contribution in [1.82, 2.24) is 4.90 Å². The molecule has 0 aliphatic heterocycles. The third kappa shape index (κ3) is 5.08. The summed E-state index contributed by atoms with van der Waals surface area (Å²) in [7, 11) is 1.44. The van der Waals surface area contributed by atoms with Gasteiger partial charge in [0.25, 0.3) is 0 Å². The molecule has 0 radical (unpaired) electrons. The standard InChI is InChI=1S/C20H23NO2/c1-3-14-21(16-18-12-8-5-9-13-18)19(20(22)23-2)15-17-10-6-4-7-11-17/h3-13,19H,1,14-16H2,2H3. The molecule has 1 unspecified atom stereocenters. The van der Waals surface area contributed by atoms with Crippen LogP contribution in [0.1, 0.15) is 11.1 Å². The van der Waals surface area contributed by atoms with Crippen LogP contribution in [-0.2, 0) is 22.5 Å². The molecule has 2 rings (SSSR count). The zero-order valence-corrected chi connectivity index (χ0v) is 13.5. The molecule has 0 spiro atoms. The van der Waals surface area contributed by atoms with Crippen LogP contribution in [0.4, 0.5) is 0 Å². The van der Waals surface area contributed by atoms with Crippen molar-refractivity contribution < 1.29 is 9.53 Å². The van der Waals surface area contributed by atoms with Crippen molar-refractivity contribution in [3.8, 4) is 0 Å². The number of carbonyl (C=O) groups is 1. The first-order valence-corrected chi connectivity index (χ1v) is 7.75. The fourth-order valence-corrected chi connectivity index (χ4v) is 2.62. The molecule has 1 atom stereocenters. The fourth-order valence-electron chi connectivity index (χ4n) is 2.62. The summed E-state index contributed by atoms with van der Waals surface area (Å²) in [4.78, 5) is 14.4. The number of benzene rings is 2. The molecule has 0 saturated carbocycles. The van der Waals surface area contributed by atoms with Gasteiger partial charge in [0.05, 0.1) is 7.11 Å². The highest BCUT2D eigenvalue weighted by Crippen LogP contribution is 2.14. The van der Waals surface area contributed by atoms with Gasteiger partial charge in [0.2, 0.25) is 0 Å². The van der Waals surface area contributed by atoms with Crippen molar-refractivity contribution in [2.45, 2.75) is 19.0 Å². The van der Waals surface area contributed by atoms with Crippen LogP contribution in [0.2, 0.25) is 0 Å². The zero-order valence-electron chi connectivity index (χ0n) is 13.5. The Kier molecular flexibility index (Phi) is 6.57. The SMILES string of the molecule is C=CCN(Cc1ccccc1)C(Cc1ccccc1)C(=O)OC. The number of rotatable bonds is 8. The van der Waals surface area contributed by atoms with Gasteiger partial charge in [-0.05, 0) is 17.5 Å². The van der Waals surface area contributed by atoms with Gasteiger partial charge < -0.3 is 4.74 Å². The van der Waals surface area contributed by atoms with Crippen molar-refractivity contribution in [2.75, 3.05) is 13.7 Å². The highest BCUT2D eigenvalue weighted by atomic mass is 16.5. The van der Waals surface area contributed by atoms with Crippen LogP contribution < -0.4 is 0 Å². The van der Waals surface area contributed by atoms with Crippen LogP contribution in [0.5, 0.6) is 0 Å². The maximum Gasteiger partial charge on any atom is 0.323 e. The van der Waals surface area contributed by atoms with Gasteiger partial charge in [0, 0.05) is 13.1 Å². The zero-order chi connectivity index (χ0) is 16.5. The minimum atomic E-state index is -0.333. The van der Waals surface area contributed by atoms with E-state index in [9.17, 15) is 4.79 Å². The minimum Gasteiger partial charge on any atom is -0.468 e. The number of esters is 1. The average Bonchev–Trinajstić information content (AvgIpc) is 2.60. The van der Waals surface area contributed by atoms with Crippen LogP contribution in [0, 0.1) is 0 Å². The Morgan fingerprint density at radius 1 is 1.09 bits per heavy atom. The number of hydrogen-bond acceptors (Lipinski definition) is 3.